The molecule has 2 aromatic heterocycles. The van der Waals surface area contributed by atoms with Crippen LogP contribution < -0.4 is 0 Å². The third-order valence-electron chi connectivity index (χ3n) is 5.35. The van der Waals surface area contributed by atoms with Crippen LogP contribution in [0, 0.1) is 11.3 Å². The van der Waals surface area contributed by atoms with Crippen LogP contribution in [0.5, 0.6) is 0 Å². The molecule has 5 rings (SSSR count). The van der Waals surface area contributed by atoms with E-state index in [-0.39, 0.29) is 17.2 Å². The Kier molecular flexibility index (Phi) is 6.88. The Bertz CT molecular complexity index is 1630. The van der Waals surface area contributed by atoms with Gasteiger partial charge < -0.3 is 9.15 Å². The fourth-order valence-electron chi connectivity index (χ4n) is 3.53. The van der Waals surface area contributed by atoms with Gasteiger partial charge in [-0.1, -0.05) is 53.5 Å². The lowest BCUT2D eigenvalue weighted by atomic mass is 10.1. The summed E-state index contributed by atoms with van der Waals surface area (Å²) in [6.07, 6.45) is 1.65. The number of fused-ring (bicyclic) bond motifs is 1. The number of allylic oxidation sites excluding steroid dienone is 1. The summed E-state index contributed by atoms with van der Waals surface area (Å²) in [5, 5.41) is 11.1. The fraction of sp³-hybridized carbons (Fsp3) is 0.0357. The topological polar surface area (TPSA) is 76.1 Å². The minimum atomic E-state index is -0.573. The molecule has 0 spiro atoms. The first kappa shape index (κ1) is 23.8. The Morgan fingerprint density at radius 1 is 1.03 bits per heavy atom. The van der Waals surface area contributed by atoms with E-state index in [4.69, 9.17) is 32.4 Å². The van der Waals surface area contributed by atoms with Gasteiger partial charge in [0.1, 0.15) is 29.2 Å². The van der Waals surface area contributed by atoms with Crippen molar-refractivity contribution in [3.8, 4) is 17.4 Å². The van der Waals surface area contributed by atoms with E-state index in [1.807, 2.05) is 30.3 Å². The lowest BCUT2D eigenvalue weighted by molar-refractivity contribution is 0.0473. The van der Waals surface area contributed by atoms with Crippen molar-refractivity contribution in [3.05, 3.63) is 111 Å². The van der Waals surface area contributed by atoms with Crippen LogP contribution in [-0.4, -0.2) is 11.0 Å². The number of nitriles is 1. The van der Waals surface area contributed by atoms with Crippen LogP contribution in [0.15, 0.2) is 83.3 Å². The van der Waals surface area contributed by atoms with Crippen LogP contribution in [0.2, 0.25) is 10.0 Å². The Morgan fingerprint density at radius 2 is 1.83 bits per heavy atom. The Balaban J connectivity index is 1.37. The zero-order valence-electron chi connectivity index (χ0n) is 18.6. The standard InChI is InChI=1S/C28H16Cl2N2O3S/c29-22-6-2-1-5-18(22)16-34-28(33)21-14-17(9-11-23(21)30)25-12-10-20(35-25)13-19(15-31)27-32-24-7-3-4-8-26(24)36-27/h1-14H,16H2/b19-13-. The van der Waals surface area contributed by atoms with Gasteiger partial charge in [0, 0.05) is 22.2 Å². The molecule has 36 heavy (non-hydrogen) atoms. The molecule has 176 valence electrons. The Labute approximate surface area is 220 Å². The monoisotopic (exact) mass is 530 g/mol. The van der Waals surface area contributed by atoms with Crippen molar-refractivity contribution in [1.29, 1.82) is 5.26 Å². The summed E-state index contributed by atoms with van der Waals surface area (Å²) in [7, 11) is 0. The summed E-state index contributed by atoms with van der Waals surface area (Å²) in [6.45, 7) is 0.0253. The number of carbonyl (C=O) groups excluding carboxylic acids is 1. The number of hydrogen-bond donors (Lipinski definition) is 0. The lowest BCUT2D eigenvalue weighted by Gasteiger charge is -2.09. The van der Waals surface area contributed by atoms with Gasteiger partial charge >= 0.3 is 5.97 Å². The second kappa shape index (κ2) is 10.4. The summed E-state index contributed by atoms with van der Waals surface area (Å²) in [5.41, 5.74) is 2.79. The quantitative estimate of drug-likeness (QED) is 0.163. The van der Waals surface area contributed by atoms with Crippen LogP contribution in [0.1, 0.15) is 26.7 Å². The number of furan rings is 1. The second-order valence-corrected chi connectivity index (χ2v) is 9.57. The summed E-state index contributed by atoms with van der Waals surface area (Å²) in [6, 6.07) is 25.6. The van der Waals surface area contributed by atoms with Crippen LogP contribution in [-0.2, 0) is 11.3 Å². The average molecular weight is 531 g/mol. The van der Waals surface area contributed by atoms with Crippen molar-refractivity contribution >= 4 is 62.4 Å². The normalized spacial score (nSPS) is 11.4. The maximum absolute atomic E-state index is 12.7. The van der Waals surface area contributed by atoms with E-state index in [0.717, 1.165) is 10.2 Å². The highest BCUT2D eigenvalue weighted by Crippen LogP contribution is 2.31. The number of thiazole rings is 1. The van der Waals surface area contributed by atoms with Crippen LogP contribution in [0.25, 0.3) is 33.2 Å². The maximum Gasteiger partial charge on any atom is 0.340 e. The maximum atomic E-state index is 12.7. The number of benzene rings is 3. The molecular formula is C28H16Cl2N2O3S. The summed E-state index contributed by atoms with van der Waals surface area (Å²) in [4.78, 5) is 17.3. The highest BCUT2D eigenvalue weighted by Gasteiger charge is 2.16. The van der Waals surface area contributed by atoms with Gasteiger partial charge in [-0.05, 0) is 48.5 Å². The fourth-order valence-corrected chi connectivity index (χ4v) is 4.85. The Hall–Kier alpha value is -3.89. The molecule has 0 atom stereocenters. The minimum Gasteiger partial charge on any atom is -0.457 e. The average Bonchev–Trinajstić information content (AvgIpc) is 3.54. The molecular weight excluding hydrogens is 515 g/mol. The predicted molar refractivity (Wildman–Crippen MR) is 143 cm³/mol. The number of para-hydroxylation sites is 1. The molecule has 0 saturated heterocycles. The third-order valence-corrected chi connectivity index (χ3v) is 7.11. The van der Waals surface area contributed by atoms with Gasteiger partial charge in [0.2, 0.25) is 0 Å². The molecule has 0 aliphatic heterocycles. The third kappa shape index (κ3) is 5.05. The minimum absolute atomic E-state index is 0.0253. The van der Waals surface area contributed by atoms with Crippen molar-refractivity contribution in [3.63, 3.8) is 0 Å². The van der Waals surface area contributed by atoms with Crippen molar-refractivity contribution in [2.75, 3.05) is 0 Å². The Morgan fingerprint density at radius 3 is 2.64 bits per heavy atom. The first-order chi connectivity index (χ1) is 17.5. The van der Waals surface area contributed by atoms with Gasteiger partial charge in [-0.3, -0.25) is 0 Å². The van der Waals surface area contributed by atoms with Crippen LogP contribution >= 0.6 is 34.5 Å². The molecule has 0 unspecified atom stereocenters. The largest absolute Gasteiger partial charge is 0.457 e. The van der Waals surface area contributed by atoms with Crippen molar-refractivity contribution in [2.24, 2.45) is 0 Å². The summed E-state index contributed by atoms with van der Waals surface area (Å²) < 4.78 is 12.4. The van der Waals surface area contributed by atoms with E-state index in [0.29, 0.717) is 38.3 Å². The number of esters is 1. The van der Waals surface area contributed by atoms with Gasteiger partial charge in [0.25, 0.3) is 0 Å². The zero-order chi connectivity index (χ0) is 25.1. The number of halogens is 2. The van der Waals surface area contributed by atoms with E-state index < -0.39 is 5.97 Å². The highest BCUT2D eigenvalue weighted by atomic mass is 35.5. The van der Waals surface area contributed by atoms with Crippen LogP contribution in [0.3, 0.4) is 0 Å². The summed E-state index contributed by atoms with van der Waals surface area (Å²) >= 11 is 13.9. The number of nitrogens with zero attached hydrogens (tertiary/aromatic N) is 2. The number of aromatic nitrogens is 1. The molecule has 0 bridgehead atoms. The first-order valence-corrected chi connectivity index (χ1v) is 12.4. The predicted octanol–water partition coefficient (Wildman–Crippen LogP) is 8.28. The molecule has 0 aliphatic carbocycles. The van der Waals surface area contributed by atoms with Crippen LogP contribution in [0.4, 0.5) is 0 Å². The molecule has 0 aliphatic rings. The van der Waals surface area contributed by atoms with Gasteiger partial charge in [0.05, 0.1) is 26.4 Å². The molecule has 2 heterocycles. The molecule has 5 nitrogen and oxygen atoms in total. The van der Waals surface area contributed by atoms with Gasteiger partial charge in [-0.2, -0.15) is 5.26 Å². The number of rotatable bonds is 6. The van der Waals surface area contributed by atoms with E-state index in [1.165, 1.54) is 11.3 Å². The molecule has 3 aromatic carbocycles. The molecule has 0 saturated carbocycles. The van der Waals surface area contributed by atoms with E-state index >= 15 is 0 Å². The zero-order valence-corrected chi connectivity index (χ0v) is 20.9. The number of carbonyl (C=O) groups is 1. The second-order valence-electron chi connectivity index (χ2n) is 7.72. The number of ether oxygens (including phenoxy) is 1. The highest BCUT2D eigenvalue weighted by molar-refractivity contribution is 7.19. The van der Waals surface area contributed by atoms with Gasteiger partial charge in [-0.25, -0.2) is 9.78 Å². The van der Waals surface area contributed by atoms with Crippen molar-refractivity contribution in [2.45, 2.75) is 6.61 Å². The molecule has 0 N–H and O–H groups in total. The number of hydrogen-bond acceptors (Lipinski definition) is 6. The van der Waals surface area contributed by atoms with E-state index in [2.05, 4.69) is 11.1 Å². The van der Waals surface area contributed by atoms with E-state index in [1.54, 1.807) is 54.6 Å². The molecule has 8 heteroatoms. The van der Waals surface area contributed by atoms with E-state index in [9.17, 15) is 10.1 Å². The molecule has 0 fully saturated rings. The molecule has 0 amide bonds. The summed E-state index contributed by atoms with van der Waals surface area (Å²) in [5.74, 6) is 0.425. The van der Waals surface area contributed by atoms with Gasteiger partial charge in [-0.15, -0.1) is 11.3 Å². The van der Waals surface area contributed by atoms with Crippen molar-refractivity contribution in [1.82, 2.24) is 4.98 Å². The molecule has 5 aromatic rings. The lowest BCUT2D eigenvalue weighted by Crippen LogP contribution is -2.06. The smallest absolute Gasteiger partial charge is 0.340 e. The SMILES string of the molecule is N#C/C(=C/c1ccc(-c2ccc(Cl)c(C(=O)OCc3ccccc3Cl)c2)o1)c1nc2ccccc2s1. The molecule has 0 radical (unpaired) electrons. The van der Waals surface area contributed by atoms with Gasteiger partial charge in [0.15, 0.2) is 0 Å². The first-order valence-electron chi connectivity index (χ1n) is 10.8. The van der Waals surface area contributed by atoms with Crippen molar-refractivity contribution < 1.29 is 13.9 Å².